The summed E-state index contributed by atoms with van der Waals surface area (Å²) in [5.74, 6) is -0.313. The molecule has 138 valence electrons. The lowest BCUT2D eigenvalue weighted by Crippen LogP contribution is -2.34. The molecule has 8 heteroatoms. The predicted molar refractivity (Wildman–Crippen MR) is 90.0 cm³/mol. The summed E-state index contributed by atoms with van der Waals surface area (Å²) in [6.07, 6.45) is -1.69. The highest BCUT2D eigenvalue weighted by Crippen LogP contribution is 2.48. The van der Waals surface area contributed by atoms with E-state index in [2.05, 4.69) is 10.3 Å². The van der Waals surface area contributed by atoms with Crippen LogP contribution in [0.5, 0.6) is 5.88 Å². The molecule has 1 aliphatic carbocycles. The molecule has 4 nitrogen and oxygen atoms in total. The number of benzene rings is 1. The van der Waals surface area contributed by atoms with Crippen LogP contribution in [0.25, 0.3) is 0 Å². The predicted octanol–water partition coefficient (Wildman–Crippen LogP) is 4.02. The van der Waals surface area contributed by atoms with Crippen molar-refractivity contribution >= 4 is 17.5 Å². The van der Waals surface area contributed by atoms with Gasteiger partial charge in [-0.25, -0.2) is 4.98 Å². The van der Waals surface area contributed by atoms with Crippen molar-refractivity contribution in [2.75, 3.05) is 6.61 Å². The Kier molecular flexibility index (Phi) is 5.09. The van der Waals surface area contributed by atoms with Gasteiger partial charge in [0.2, 0.25) is 11.8 Å². The van der Waals surface area contributed by atoms with Gasteiger partial charge in [-0.2, -0.15) is 13.2 Å². The van der Waals surface area contributed by atoms with Crippen molar-refractivity contribution < 1.29 is 22.7 Å². The molecule has 1 amide bonds. The lowest BCUT2D eigenvalue weighted by atomic mass is 9.95. The SMILES string of the molecule is O=C(NCc1cccnc1OCC(F)(F)F)C1(c2ccc(Cl)cc2)CC1. The van der Waals surface area contributed by atoms with E-state index in [1.807, 2.05) is 12.1 Å². The highest BCUT2D eigenvalue weighted by atomic mass is 35.5. The second kappa shape index (κ2) is 7.15. The Balaban J connectivity index is 1.66. The van der Waals surface area contributed by atoms with Gasteiger partial charge in [-0.1, -0.05) is 29.8 Å². The number of nitrogens with one attached hydrogen (secondary N) is 1. The second-order valence-electron chi connectivity index (χ2n) is 6.14. The fourth-order valence-electron chi connectivity index (χ4n) is 2.72. The minimum Gasteiger partial charge on any atom is -0.468 e. The van der Waals surface area contributed by atoms with Crippen molar-refractivity contribution in [2.24, 2.45) is 0 Å². The van der Waals surface area contributed by atoms with Crippen LogP contribution >= 0.6 is 11.6 Å². The van der Waals surface area contributed by atoms with E-state index in [9.17, 15) is 18.0 Å². The molecule has 0 saturated heterocycles. The van der Waals surface area contributed by atoms with Gasteiger partial charge in [0.25, 0.3) is 0 Å². The third kappa shape index (κ3) is 4.27. The minimum atomic E-state index is -4.45. The van der Waals surface area contributed by atoms with Gasteiger partial charge in [-0.05, 0) is 36.6 Å². The highest BCUT2D eigenvalue weighted by Gasteiger charge is 2.51. The van der Waals surface area contributed by atoms with Gasteiger partial charge in [-0.15, -0.1) is 0 Å². The molecule has 0 radical (unpaired) electrons. The van der Waals surface area contributed by atoms with Crippen molar-refractivity contribution in [3.63, 3.8) is 0 Å². The third-order valence-electron chi connectivity index (χ3n) is 4.24. The van der Waals surface area contributed by atoms with Crippen molar-refractivity contribution in [3.8, 4) is 5.88 Å². The van der Waals surface area contributed by atoms with Gasteiger partial charge in [0.05, 0.1) is 5.41 Å². The highest BCUT2D eigenvalue weighted by molar-refractivity contribution is 6.30. The maximum atomic E-state index is 12.6. The summed E-state index contributed by atoms with van der Waals surface area (Å²) in [5, 5.41) is 3.37. The zero-order chi connectivity index (χ0) is 18.8. The molecule has 0 unspecified atom stereocenters. The normalized spacial score (nSPS) is 15.4. The molecule has 1 saturated carbocycles. The molecule has 1 fully saturated rings. The van der Waals surface area contributed by atoms with Gasteiger partial charge in [0, 0.05) is 23.3 Å². The van der Waals surface area contributed by atoms with Crippen molar-refractivity contribution in [3.05, 3.63) is 58.7 Å². The number of carbonyl (C=O) groups excluding carboxylic acids is 1. The number of pyridine rings is 1. The number of nitrogens with zero attached hydrogens (tertiary/aromatic N) is 1. The van der Waals surface area contributed by atoms with Crippen molar-refractivity contribution in [1.29, 1.82) is 0 Å². The molecule has 1 N–H and O–H groups in total. The van der Waals surface area contributed by atoms with Gasteiger partial charge in [0.15, 0.2) is 6.61 Å². The quantitative estimate of drug-likeness (QED) is 0.818. The van der Waals surface area contributed by atoms with E-state index in [1.165, 1.54) is 6.20 Å². The van der Waals surface area contributed by atoms with Crippen LogP contribution in [-0.2, 0) is 16.8 Å². The number of amides is 1. The number of aromatic nitrogens is 1. The Morgan fingerprint density at radius 1 is 1.23 bits per heavy atom. The first kappa shape index (κ1) is 18.5. The first-order chi connectivity index (χ1) is 12.3. The number of hydrogen-bond donors (Lipinski definition) is 1. The summed E-state index contributed by atoms with van der Waals surface area (Å²) >= 11 is 5.88. The van der Waals surface area contributed by atoms with Gasteiger partial charge in [-0.3, -0.25) is 4.79 Å². The topological polar surface area (TPSA) is 51.2 Å². The van der Waals surface area contributed by atoms with Crippen LogP contribution in [-0.4, -0.2) is 23.7 Å². The number of rotatable bonds is 6. The Morgan fingerprint density at radius 3 is 2.54 bits per heavy atom. The van der Waals surface area contributed by atoms with Crippen LogP contribution in [0, 0.1) is 0 Å². The maximum absolute atomic E-state index is 12.6. The third-order valence-corrected chi connectivity index (χ3v) is 4.50. The molecule has 0 spiro atoms. The fraction of sp³-hybridized carbons (Fsp3) is 0.333. The summed E-state index contributed by atoms with van der Waals surface area (Å²) in [7, 11) is 0. The van der Waals surface area contributed by atoms with Gasteiger partial charge < -0.3 is 10.1 Å². The van der Waals surface area contributed by atoms with E-state index in [0.29, 0.717) is 23.4 Å². The fourth-order valence-corrected chi connectivity index (χ4v) is 2.85. The lowest BCUT2D eigenvalue weighted by Gasteiger charge is -2.17. The van der Waals surface area contributed by atoms with Gasteiger partial charge in [0.1, 0.15) is 0 Å². The first-order valence-electron chi connectivity index (χ1n) is 7.98. The average Bonchev–Trinajstić information content (AvgIpc) is 3.40. The van der Waals surface area contributed by atoms with E-state index >= 15 is 0 Å². The van der Waals surface area contributed by atoms with Crippen LogP contribution in [0.4, 0.5) is 13.2 Å². The van der Waals surface area contributed by atoms with Crippen molar-refractivity contribution in [2.45, 2.75) is 31.0 Å². The molecule has 0 bridgehead atoms. The Hall–Kier alpha value is -2.28. The summed E-state index contributed by atoms with van der Waals surface area (Å²) < 4.78 is 41.7. The summed E-state index contributed by atoms with van der Waals surface area (Å²) in [5.41, 5.74) is 0.663. The van der Waals surface area contributed by atoms with Crippen molar-refractivity contribution in [1.82, 2.24) is 10.3 Å². The zero-order valence-electron chi connectivity index (χ0n) is 13.6. The smallest absolute Gasteiger partial charge is 0.422 e. The molecule has 26 heavy (non-hydrogen) atoms. The number of halogens is 4. The Labute approximate surface area is 153 Å². The Bertz CT molecular complexity index is 790. The minimum absolute atomic E-state index is 0.0369. The van der Waals surface area contributed by atoms with E-state index in [0.717, 1.165) is 5.56 Å². The Morgan fingerprint density at radius 2 is 1.92 bits per heavy atom. The number of alkyl halides is 3. The number of ether oxygens (including phenoxy) is 1. The van der Waals surface area contributed by atoms with Crippen LogP contribution in [0.15, 0.2) is 42.6 Å². The summed E-state index contributed by atoms with van der Waals surface area (Å²) in [6, 6.07) is 10.2. The molecule has 2 aromatic rings. The lowest BCUT2D eigenvalue weighted by molar-refractivity contribution is -0.154. The summed E-state index contributed by atoms with van der Waals surface area (Å²) in [6.45, 7) is -1.39. The van der Waals surface area contributed by atoms with Gasteiger partial charge >= 0.3 is 6.18 Å². The monoisotopic (exact) mass is 384 g/mol. The number of hydrogen-bond acceptors (Lipinski definition) is 3. The van der Waals surface area contributed by atoms with E-state index in [4.69, 9.17) is 16.3 Å². The molecular weight excluding hydrogens is 369 g/mol. The van der Waals surface area contributed by atoms with E-state index in [-0.39, 0.29) is 18.3 Å². The van der Waals surface area contributed by atoms with Crippen LogP contribution in [0.3, 0.4) is 0 Å². The molecule has 1 aliphatic rings. The van der Waals surface area contributed by atoms with Crippen LogP contribution in [0.2, 0.25) is 5.02 Å². The zero-order valence-corrected chi connectivity index (χ0v) is 14.4. The van der Waals surface area contributed by atoms with E-state index in [1.54, 1.807) is 24.3 Å². The molecule has 1 heterocycles. The second-order valence-corrected chi connectivity index (χ2v) is 6.58. The molecule has 0 aliphatic heterocycles. The molecule has 1 aromatic carbocycles. The molecule has 3 rings (SSSR count). The van der Waals surface area contributed by atoms with Crippen LogP contribution < -0.4 is 10.1 Å². The largest absolute Gasteiger partial charge is 0.468 e. The number of carbonyl (C=O) groups is 1. The first-order valence-corrected chi connectivity index (χ1v) is 8.36. The van der Waals surface area contributed by atoms with E-state index < -0.39 is 18.2 Å². The molecule has 0 atom stereocenters. The summed E-state index contributed by atoms with van der Waals surface area (Å²) in [4.78, 5) is 16.4. The average molecular weight is 385 g/mol. The standard InChI is InChI=1S/C18H16ClF3N2O2/c19-14-5-3-13(4-6-14)17(7-8-17)16(25)24-10-12-2-1-9-23-15(12)26-11-18(20,21)22/h1-6,9H,7-8,10-11H2,(H,24,25). The molecular formula is C18H16ClF3N2O2. The van der Waals surface area contributed by atoms with Crippen LogP contribution in [0.1, 0.15) is 24.0 Å². The maximum Gasteiger partial charge on any atom is 0.422 e. The molecule has 1 aromatic heterocycles.